The van der Waals surface area contributed by atoms with E-state index < -0.39 is 5.97 Å². The van der Waals surface area contributed by atoms with E-state index >= 15 is 0 Å². The average molecular weight is 367 g/mol. The Kier molecular flexibility index (Phi) is 5.16. The molecule has 3 rings (SSSR count). The monoisotopic (exact) mass is 367 g/mol. The fourth-order valence-electron chi connectivity index (χ4n) is 2.51. The van der Waals surface area contributed by atoms with E-state index in [0.717, 1.165) is 16.0 Å². The van der Waals surface area contributed by atoms with Crippen LogP contribution in [0.4, 0.5) is 5.69 Å². The van der Waals surface area contributed by atoms with Crippen LogP contribution in [-0.4, -0.2) is 22.1 Å². The number of hydrogen-bond acceptors (Lipinski definition) is 4. The van der Waals surface area contributed by atoms with Crippen LogP contribution >= 0.6 is 11.3 Å². The number of aryl methyl sites for hydroxylation is 1. The van der Waals surface area contributed by atoms with Crippen LogP contribution in [0.1, 0.15) is 31.2 Å². The molecule has 6 heteroatoms. The number of amides is 1. The Morgan fingerprint density at radius 3 is 2.35 bits per heavy atom. The average Bonchev–Trinajstić information content (AvgIpc) is 3.11. The zero-order chi connectivity index (χ0) is 18.7. The molecule has 1 aromatic heterocycles. The van der Waals surface area contributed by atoms with E-state index in [9.17, 15) is 19.8 Å². The van der Waals surface area contributed by atoms with E-state index in [1.165, 1.54) is 17.4 Å². The number of carboxylic acid groups (broad SMARTS) is 1. The van der Waals surface area contributed by atoms with Gasteiger partial charge in [0.1, 0.15) is 0 Å². The summed E-state index contributed by atoms with van der Waals surface area (Å²) in [6.45, 7) is 1.87. The largest absolute Gasteiger partial charge is 0.478 e. The van der Waals surface area contributed by atoms with Crippen molar-refractivity contribution in [3.05, 3.63) is 75.5 Å². The molecule has 0 aliphatic carbocycles. The van der Waals surface area contributed by atoms with Gasteiger partial charge in [-0.1, -0.05) is 17.7 Å². The molecule has 0 aliphatic heterocycles. The highest BCUT2D eigenvalue weighted by Crippen LogP contribution is 2.29. The summed E-state index contributed by atoms with van der Waals surface area (Å²) in [5.41, 5.74) is 3.50. The molecule has 0 bridgehead atoms. The first-order chi connectivity index (χ1) is 12.5. The number of hydrogen-bond donors (Lipinski definition) is 3. The molecule has 2 aromatic carbocycles. The second kappa shape index (κ2) is 7.51. The summed E-state index contributed by atoms with van der Waals surface area (Å²) < 4.78 is 0. The highest BCUT2D eigenvalue weighted by atomic mass is 32.1. The maximum Gasteiger partial charge on any atom is 0.335 e. The number of nitrogens with one attached hydrogen (secondary N) is 1. The molecule has 3 N–H and O–H groups in total. The number of aliphatic hydroxyl groups excluding tert-OH is 1. The van der Waals surface area contributed by atoms with Gasteiger partial charge in [0.15, 0.2) is 0 Å². The lowest BCUT2D eigenvalue weighted by atomic mass is 10.0. The molecule has 0 spiro atoms. The third kappa shape index (κ3) is 3.99. The predicted molar refractivity (Wildman–Crippen MR) is 102 cm³/mol. The van der Waals surface area contributed by atoms with Crippen molar-refractivity contribution in [2.24, 2.45) is 0 Å². The summed E-state index contributed by atoms with van der Waals surface area (Å²) in [5.74, 6) is -1.38. The van der Waals surface area contributed by atoms with Crippen LogP contribution in [-0.2, 0) is 6.61 Å². The van der Waals surface area contributed by atoms with Crippen molar-refractivity contribution in [1.82, 2.24) is 0 Å². The topological polar surface area (TPSA) is 86.6 Å². The molecule has 0 saturated heterocycles. The maximum atomic E-state index is 12.4. The van der Waals surface area contributed by atoms with Crippen molar-refractivity contribution in [1.29, 1.82) is 0 Å². The Morgan fingerprint density at radius 2 is 1.73 bits per heavy atom. The molecule has 0 radical (unpaired) electrons. The minimum absolute atomic E-state index is 0.0691. The molecule has 1 heterocycles. The molecule has 132 valence electrons. The first-order valence-corrected chi connectivity index (χ1v) is 8.79. The summed E-state index contributed by atoms with van der Waals surface area (Å²) >= 11 is 1.39. The molecule has 5 nitrogen and oxygen atoms in total. The van der Waals surface area contributed by atoms with Gasteiger partial charge in [-0.3, -0.25) is 4.79 Å². The lowest BCUT2D eigenvalue weighted by Gasteiger charge is -2.09. The van der Waals surface area contributed by atoms with Gasteiger partial charge < -0.3 is 15.5 Å². The Balaban J connectivity index is 1.94. The zero-order valence-corrected chi connectivity index (χ0v) is 14.8. The molecular weight excluding hydrogens is 350 g/mol. The van der Waals surface area contributed by atoms with Crippen LogP contribution in [0.3, 0.4) is 0 Å². The van der Waals surface area contributed by atoms with Gasteiger partial charge in [0.25, 0.3) is 5.91 Å². The number of aliphatic hydroxyl groups is 1. The van der Waals surface area contributed by atoms with Gasteiger partial charge in [-0.15, -0.1) is 11.3 Å². The van der Waals surface area contributed by atoms with Crippen LogP contribution in [0, 0.1) is 6.92 Å². The van der Waals surface area contributed by atoms with Crippen molar-refractivity contribution in [3.8, 4) is 11.1 Å². The normalized spacial score (nSPS) is 10.5. The van der Waals surface area contributed by atoms with E-state index in [1.54, 1.807) is 30.3 Å². The van der Waals surface area contributed by atoms with Crippen LogP contribution in [0.2, 0.25) is 0 Å². The first kappa shape index (κ1) is 17.8. The summed E-state index contributed by atoms with van der Waals surface area (Å²) in [5, 5.41) is 23.2. The molecule has 0 aliphatic rings. The summed E-state index contributed by atoms with van der Waals surface area (Å²) in [6.07, 6.45) is 0. The lowest BCUT2D eigenvalue weighted by Crippen LogP contribution is -2.12. The highest BCUT2D eigenvalue weighted by molar-refractivity contribution is 7.10. The number of thiophene rings is 1. The third-order valence-corrected chi connectivity index (χ3v) is 4.82. The second-order valence-corrected chi connectivity index (χ2v) is 6.88. The zero-order valence-electron chi connectivity index (χ0n) is 14.0. The van der Waals surface area contributed by atoms with Crippen molar-refractivity contribution in [3.63, 3.8) is 0 Å². The Hall–Kier alpha value is -2.96. The SMILES string of the molecule is Cc1ccc(C(=O)Nc2cc(C(=O)O)cc(-c3csc(CO)c3)c2)cc1. The van der Waals surface area contributed by atoms with Gasteiger partial charge >= 0.3 is 5.97 Å². The van der Waals surface area contributed by atoms with Gasteiger partial charge in [-0.2, -0.15) is 0 Å². The Bertz CT molecular complexity index is 960. The summed E-state index contributed by atoms with van der Waals surface area (Å²) in [7, 11) is 0. The van der Waals surface area contributed by atoms with E-state index in [2.05, 4.69) is 5.32 Å². The van der Waals surface area contributed by atoms with E-state index in [4.69, 9.17) is 0 Å². The van der Waals surface area contributed by atoms with Crippen molar-refractivity contribution in [2.75, 3.05) is 5.32 Å². The molecule has 0 fully saturated rings. The van der Waals surface area contributed by atoms with Gasteiger partial charge in [0, 0.05) is 16.1 Å². The maximum absolute atomic E-state index is 12.4. The van der Waals surface area contributed by atoms with Crippen molar-refractivity contribution >= 4 is 28.9 Å². The number of rotatable bonds is 5. The summed E-state index contributed by atoms with van der Waals surface area (Å²) in [4.78, 5) is 24.6. The second-order valence-electron chi connectivity index (χ2n) is 5.88. The third-order valence-electron chi connectivity index (χ3n) is 3.89. The number of carboxylic acids is 1. The molecule has 0 saturated carbocycles. The van der Waals surface area contributed by atoms with Gasteiger partial charge in [-0.25, -0.2) is 4.79 Å². The number of aromatic carboxylic acids is 1. The minimum atomic E-state index is -1.07. The smallest absolute Gasteiger partial charge is 0.335 e. The van der Waals surface area contributed by atoms with Crippen LogP contribution < -0.4 is 5.32 Å². The van der Waals surface area contributed by atoms with Gasteiger partial charge in [-0.05, 0) is 59.8 Å². The first-order valence-electron chi connectivity index (χ1n) is 7.91. The van der Waals surface area contributed by atoms with Crippen molar-refractivity contribution < 1.29 is 19.8 Å². The molecule has 1 amide bonds. The quantitative estimate of drug-likeness (QED) is 0.632. The molecule has 3 aromatic rings. The van der Waals surface area contributed by atoms with Crippen LogP contribution in [0.15, 0.2) is 53.9 Å². The molecule has 0 atom stereocenters. The van der Waals surface area contributed by atoms with Crippen LogP contribution in [0.5, 0.6) is 0 Å². The van der Waals surface area contributed by atoms with E-state index in [1.807, 2.05) is 24.4 Å². The fraction of sp³-hybridized carbons (Fsp3) is 0.100. The lowest BCUT2D eigenvalue weighted by molar-refractivity contribution is 0.0696. The number of carbonyl (C=O) groups excluding carboxylic acids is 1. The van der Waals surface area contributed by atoms with E-state index in [0.29, 0.717) is 16.8 Å². The molecule has 26 heavy (non-hydrogen) atoms. The van der Waals surface area contributed by atoms with E-state index in [-0.39, 0.29) is 18.1 Å². The minimum Gasteiger partial charge on any atom is -0.478 e. The number of anilines is 1. The Labute approximate surface area is 154 Å². The number of carbonyl (C=O) groups is 2. The Morgan fingerprint density at radius 1 is 1.00 bits per heavy atom. The van der Waals surface area contributed by atoms with Gasteiger partial charge in [0.2, 0.25) is 0 Å². The standard InChI is InChI=1S/C20H17NO4S/c1-12-2-4-13(5-3-12)19(23)21-17-7-14(6-15(8-17)20(24)25)16-9-18(10-22)26-11-16/h2-9,11,22H,10H2,1H3,(H,21,23)(H,24,25). The highest BCUT2D eigenvalue weighted by Gasteiger charge is 2.12. The van der Waals surface area contributed by atoms with Crippen LogP contribution in [0.25, 0.3) is 11.1 Å². The van der Waals surface area contributed by atoms with Crippen molar-refractivity contribution in [2.45, 2.75) is 13.5 Å². The summed E-state index contributed by atoms with van der Waals surface area (Å²) in [6, 6.07) is 13.6. The van der Waals surface area contributed by atoms with Gasteiger partial charge in [0.05, 0.1) is 12.2 Å². The molecular formula is C20H17NO4S. The predicted octanol–water partition coefficient (Wildman–Crippen LogP) is 4.17. The fourth-order valence-corrected chi connectivity index (χ4v) is 3.27. The molecule has 0 unspecified atom stereocenters. The number of benzene rings is 2.